The second-order valence-electron chi connectivity index (χ2n) is 7.93. The largest absolute Gasteiger partial charge is 0.348 e. The van der Waals surface area contributed by atoms with Crippen LogP contribution >= 0.6 is 0 Å². The van der Waals surface area contributed by atoms with Crippen molar-refractivity contribution < 1.29 is 13.2 Å². The van der Waals surface area contributed by atoms with Gasteiger partial charge in [0.25, 0.3) is 10.0 Å². The fourth-order valence-electron chi connectivity index (χ4n) is 3.57. The number of nitrogens with one attached hydrogen (secondary N) is 1. The molecule has 1 atom stereocenters. The molecule has 6 heteroatoms. The van der Waals surface area contributed by atoms with Gasteiger partial charge in [-0.3, -0.25) is 9.10 Å². The average molecular weight is 451 g/mol. The molecule has 0 saturated carbocycles. The van der Waals surface area contributed by atoms with Crippen molar-refractivity contribution in [1.29, 1.82) is 0 Å². The normalized spacial score (nSPS) is 12.2. The quantitative estimate of drug-likeness (QED) is 0.529. The summed E-state index contributed by atoms with van der Waals surface area (Å²) in [6, 6.07) is 21.5. The lowest BCUT2D eigenvalue weighted by Crippen LogP contribution is -2.42. The number of hydrogen-bond acceptors (Lipinski definition) is 3. The first-order chi connectivity index (χ1) is 15.2. The number of carbonyl (C=O) groups excluding carboxylic acids is 1. The minimum absolute atomic E-state index is 0.150. The topological polar surface area (TPSA) is 66.5 Å². The van der Waals surface area contributed by atoms with Crippen LogP contribution in [0.3, 0.4) is 0 Å². The van der Waals surface area contributed by atoms with E-state index in [4.69, 9.17) is 0 Å². The van der Waals surface area contributed by atoms with Gasteiger partial charge in [0.05, 0.1) is 16.6 Å². The van der Waals surface area contributed by atoms with Gasteiger partial charge >= 0.3 is 0 Å². The monoisotopic (exact) mass is 450 g/mol. The number of amides is 1. The van der Waals surface area contributed by atoms with Gasteiger partial charge in [-0.1, -0.05) is 61.5 Å². The zero-order valence-corrected chi connectivity index (χ0v) is 19.8. The van der Waals surface area contributed by atoms with E-state index in [0.717, 1.165) is 23.1 Å². The van der Waals surface area contributed by atoms with Gasteiger partial charge in [-0.15, -0.1) is 0 Å². The summed E-state index contributed by atoms with van der Waals surface area (Å²) in [6.45, 7) is 7.48. The lowest BCUT2D eigenvalue weighted by atomic mass is 10.0. The Morgan fingerprint density at radius 3 is 2.22 bits per heavy atom. The van der Waals surface area contributed by atoms with E-state index >= 15 is 0 Å². The molecule has 0 fully saturated rings. The van der Waals surface area contributed by atoms with Gasteiger partial charge in [-0.2, -0.15) is 0 Å². The second kappa shape index (κ2) is 10.0. The Kier molecular flexibility index (Phi) is 7.36. The number of hydrogen-bond donors (Lipinski definition) is 1. The molecule has 1 amide bonds. The fraction of sp³-hybridized carbons (Fsp3) is 0.269. The highest BCUT2D eigenvalue weighted by Gasteiger charge is 2.28. The molecule has 3 rings (SSSR count). The number of benzene rings is 3. The highest BCUT2D eigenvalue weighted by Crippen LogP contribution is 2.28. The molecule has 0 heterocycles. The number of sulfonamides is 1. The first-order valence-electron chi connectivity index (χ1n) is 10.8. The van der Waals surface area contributed by atoms with Crippen LogP contribution in [0.1, 0.15) is 42.1 Å². The van der Waals surface area contributed by atoms with Crippen LogP contribution in [0.4, 0.5) is 5.69 Å². The van der Waals surface area contributed by atoms with E-state index in [1.54, 1.807) is 42.5 Å². The van der Waals surface area contributed by atoms with Crippen LogP contribution in [0.2, 0.25) is 0 Å². The van der Waals surface area contributed by atoms with Gasteiger partial charge in [0.15, 0.2) is 0 Å². The van der Waals surface area contributed by atoms with E-state index in [0.29, 0.717) is 5.69 Å². The molecule has 0 spiro atoms. The second-order valence-corrected chi connectivity index (χ2v) is 9.79. The van der Waals surface area contributed by atoms with E-state index in [1.165, 1.54) is 9.87 Å². The van der Waals surface area contributed by atoms with E-state index in [9.17, 15) is 13.2 Å². The Balaban J connectivity index is 1.90. The molecule has 168 valence electrons. The highest BCUT2D eigenvalue weighted by molar-refractivity contribution is 7.92. The minimum atomic E-state index is -3.93. The molecule has 0 aliphatic rings. The van der Waals surface area contributed by atoms with Gasteiger partial charge in [-0.25, -0.2) is 8.42 Å². The van der Waals surface area contributed by atoms with Crippen LogP contribution in [0.5, 0.6) is 0 Å². The molecule has 0 radical (unpaired) electrons. The van der Waals surface area contributed by atoms with E-state index in [2.05, 4.69) is 12.2 Å². The molecule has 3 aromatic carbocycles. The van der Waals surface area contributed by atoms with Gasteiger partial charge in [0.1, 0.15) is 6.54 Å². The van der Waals surface area contributed by atoms with Crippen molar-refractivity contribution in [1.82, 2.24) is 5.32 Å². The molecule has 0 aromatic heterocycles. The zero-order valence-electron chi connectivity index (χ0n) is 19.0. The van der Waals surface area contributed by atoms with Crippen LogP contribution in [0.15, 0.2) is 77.7 Å². The van der Waals surface area contributed by atoms with Crippen LogP contribution in [-0.4, -0.2) is 20.9 Å². The summed E-state index contributed by atoms with van der Waals surface area (Å²) in [5.41, 5.74) is 4.48. The Hall–Kier alpha value is -3.12. The molecule has 0 aliphatic carbocycles. The Morgan fingerprint density at radius 2 is 1.59 bits per heavy atom. The maximum absolute atomic E-state index is 13.5. The number of carbonyl (C=O) groups is 1. The molecule has 1 N–H and O–H groups in total. The maximum Gasteiger partial charge on any atom is 0.264 e. The predicted octanol–water partition coefficient (Wildman–Crippen LogP) is 4.94. The molecule has 0 aliphatic heterocycles. The van der Waals surface area contributed by atoms with E-state index < -0.39 is 10.0 Å². The summed E-state index contributed by atoms with van der Waals surface area (Å²) in [6.07, 6.45) is 0.948. The molecule has 0 unspecified atom stereocenters. The molecule has 0 saturated heterocycles. The minimum Gasteiger partial charge on any atom is -0.348 e. The molecular formula is C26H30N2O3S. The molecular weight excluding hydrogens is 420 g/mol. The summed E-state index contributed by atoms with van der Waals surface area (Å²) in [7, 11) is -3.93. The average Bonchev–Trinajstić information content (AvgIpc) is 2.80. The zero-order chi connectivity index (χ0) is 23.3. The number of rotatable bonds is 8. The van der Waals surface area contributed by atoms with Crippen LogP contribution in [0.25, 0.3) is 0 Å². The Bertz CT molecular complexity index is 1170. The van der Waals surface area contributed by atoms with Crippen molar-refractivity contribution in [3.8, 4) is 0 Å². The van der Waals surface area contributed by atoms with Crippen molar-refractivity contribution >= 4 is 21.6 Å². The summed E-state index contributed by atoms with van der Waals surface area (Å²) >= 11 is 0. The van der Waals surface area contributed by atoms with E-state index in [1.807, 2.05) is 51.1 Å². The lowest BCUT2D eigenvalue weighted by molar-refractivity contribution is -0.120. The molecule has 0 bridgehead atoms. The summed E-state index contributed by atoms with van der Waals surface area (Å²) in [5.74, 6) is -0.363. The first-order valence-corrected chi connectivity index (χ1v) is 12.2. The van der Waals surface area contributed by atoms with Crippen molar-refractivity contribution in [3.63, 3.8) is 0 Å². The standard InChI is InChI=1S/C26H30N2O3S/c1-5-22-14-16-23(17-15-22)21(4)27-26(29)18-28(25-13-9-10-19(2)20(25)3)32(30,31)24-11-7-6-8-12-24/h6-17,21H,5,18H2,1-4H3,(H,27,29)/t21-/m1/s1. The number of anilines is 1. The van der Waals surface area contributed by atoms with Crippen LogP contribution < -0.4 is 9.62 Å². The summed E-state index contributed by atoms with van der Waals surface area (Å²) in [4.78, 5) is 13.1. The first kappa shape index (κ1) is 23.5. The number of aryl methyl sites for hydroxylation is 2. The van der Waals surface area contributed by atoms with E-state index in [-0.39, 0.29) is 23.4 Å². The molecule has 32 heavy (non-hydrogen) atoms. The van der Waals surface area contributed by atoms with Crippen LogP contribution in [-0.2, 0) is 21.2 Å². The Morgan fingerprint density at radius 1 is 0.938 bits per heavy atom. The number of nitrogens with zero attached hydrogens (tertiary/aromatic N) is 1. The van der Waals surface area contributed by atoms with Gasteiger partial charge < -0.3 is 5.32 Å². The highest BCUT2D eigenvalue weighted by atomic mass is 32.2. The smallest absolute Gasteiger partial charge is 0.264 e. The third-order valence-electron chi connectivity index (χ3n) is 5.73. The Labute approximate surface area is 191 Å². The summed E-state index contributed by atoms with van der Waals surface area (Å²) < 4.78 is 28.2. The van der Waals surface area contributed by atoms with Crippen molar-refractivity contribution in [2.24, 2.45) is 0 Å². The van der Waals surface area contributed by atoms with Crippen molar-refractivity contribution in [3.05, 3.63) is 95.1 Å². The van der Waals surface area contributed by atoms with Gasteiger partial charge in [0.2, 0.25) is 5.91 Å². The lowest BCUT2D eigenvalue weighted by Gasteiger charge is -2.27. The SMILES string of the molecule is CCc1ccc([C@@H](C)NC(=O)CN(c2cccc(C)c2C)S(=O)(=O)c2ccccc2)cc1. The third-order valence-corrected chi connectivity index (χ3v) is 7.50. The predicted molar refractivity (Wildman–Crippen MR) is 129 cm³/mol. The van der Waals surface area contributed by atoms with Crippen molar-refractivity contribution in [2.75, 3.05) is 10.8 Å². The summed E-state index contributed by atoms with van der Waals surface area (Å²) in [5, 5.41) is 2.95. The van der Waals surface area contributed by atoms with Gasteiger partial charge in [0, 0.05) is 0 Å². The van der Waals surface area contributed by atoms with Crippen molar-refractivity contribution in [2.45, 2.75) is 45.1 Å². The van der Waals surface area contributed by atoms with Crippen LogP contribution in [0, 0.1) is 13.8 Å². The maximum atomic E-state index is 13.5. The van der Waals surface area contributed by atoms with Gasteiger partial charge in [-0.05, 0) is 67.6 Å². The fourth-order valence-corrected chi connectivity index (χ4v) is 5.07. The molecule has 5 nitrogen and oxygen atoms in total. The molecule has 3 aromatic rings. The third kappa shape index (κ3) is 5.19.